The van der Waals surface area contributed by atoms with Crippen LogP contribution in [0.15, 0.2) is 18.5 Å². The Kier molecular flexibility index (Phi) is 5.93. The van der Waals surface area contributed by atoms with E-state index < -0.39 is 0 Å². The zero-order valence-corrected chi connectivity index (χ0v) is 12.0. The van der Waals surface area contributed by atoms with Crippen LogP contribution in [0.2, 0.25) is 5.02 Å². The lowest BCUT2D eigenvalue weighted by Gasteiger charge is -2.22. The molecule has 3 heteroatoms. The summed E-state index contributed by atoms with van der Waals surface area (Å²) in [6.07, 6.45) is 4.55. The van der Waals surface area contributed by atoms with E-state index in [-0.39, 0.29) is 0 Å². The van der Waals surface area contributed by atoms with Crippen molar-refractivity contribution in [3.63, 3.8) is 0 Å². The molecule has 1 N–H and O–H groups in total. The average molecular weight is 255 g/mol. The van der Waals surface area contributed by atoms with Gasteiger partial charge in [-0.05, 0) is 36.4 Å². The van der Waals surface area contributed by atoms with Crippen molar-refractivity contribution in [2.75, 3.05) is 6.54 Å². The molecular weight excluding hydrogens is 232 g/mol. The highest BCUT2D eigenvalue weighted by Gasteiger charge is 2.14. The van der Waals surface area contributed by atoms with Crippen molar-refractivity contribution in [2.45, 2.75) is 40.2 Å². The van der Waals surface area contributed by atoms with Gasteiger partial charge in [0, 0.05) is 18.4 Å². The van der Waals surface area contributed by atoms with Crippen molar-refractivity contribution < 1.29 is 0 Å². The number of aromatic nitrogens is 1. The minimum absolute atomic E-state index is 0.550. The van der Waals surface area contributed by atoms with E-state index in [9.17, 15) is 0 Å². The highest BCUT2D eigenvalue weighted by atomic mass is 35.5. The van der Waals surface area contributed by atoms with Crippen molar-refractivity contribution in [2.24, 2.45) is 11.8 Å². The van der Waals surface area contributed by atoms with E-state index in [4.69, 9.17) is 11.6 Å². The molecule has 0 fully saturated rings. The first-order valence-electron chi connectivity index (χ1n) is 6.32. The van der Waals surface area contributed by atoms with Gasteiger partial charge in [-0.1, -0.05) is 39.3 Å². The third-order valence-corrected chi connectivity index (χ3v) is 3.56. The van der Waals surface area contributed by atoms with E-state index >= 15 is 0 Å². The van der Waals surface area contributed by atoms with Gasteiger partial charge in [0.1, 0.15) is 0 Å². The van der Waals surface area contributed by atoms with Crippen LogP contribution in [-0.4, -0.2) is 17.6 Å². The third kappa shape index (κ3) is 5.05. The van der Waals surface area contributed by atoms with Crippen LogP contribution in [0, 0.1) is 11.8 Å². The summed E-state index contributed by atoms with van der Waals surface area (Å²) in [7, 11) is 0. The molecule has 2 unspecified atom stereocenters. The number of rotatable bonds is 6. The Bertz CT molecular complexity index is 339. The molecule has 2 atom stereocenters. The van der Waals surface area contributed by atoms with E-state index in [1.807, 2.05) is 12.3 Å². The second-order valence-electron chi connectivity index (χ2n) is 5.19. The zero-order chi connectivity index (χ0) is 12.8. The summed E-state index contributed by atoms with van der Waals surface area (Å²) in [6, 6.07) is 2.57. The molecule has 0 saturated heterocycles. The molecule has 1 rings (SSSR count). The molecule has 1 heterocycles. The van der Waals surface area contributed by atoms with Crippen molar-refractivity contribution in [1.29, 1.82) is 0 Å². The second-order valence-corrected chi connectivity index (χ2v) is 5.60. The van der Waals surface area contributed by atoms with Gasteiger partial charge < -0.3 is 5.32 Å². The quantitative estimate of drug-likeness (QED) is 0.840. The monoisotopic (exact) mass is 254 g/mol. The fourth-order valence-corrected chi connectivity index (χ4v) is 1.94. The number of nitrogens with one attached hydrogen (secondary N) is 1. The van der Waals surface area contributed by atoms with Crippen LogP contribution in [0.1, 0.15) is 33.3 Å². The van der Waals surface area contributed by atoms with Gasteiger partial charge in [0.2, 0.25) is 0 Å². The van der Waals surface area contributed by atoms with Gasteiger partial charge in [-0.2, -0.15) is 0 Å². The maximum atomic E-state index is 6.12. The first-order chi connectivity index (χ1) is 8.00. The van der Waals surface area contributed by atoms with E-state index in [0.29, 0.717) is 17.9 Å². The first kappa shape index (κ1) is 14.5. The molecule has 0 aliphatic carbocycles. The van der Waals surface area contributed by atoms with Crippen molar-refractivity contribution in [1.82, 2.24) is 10.3 Å². The van der Waals surface area contributed by atoms with Gasteiger partial charge in [-0.3, -0.25) is 4.98 Å². The molecule has 96 valence electrons. The molecule has 2 nitrogen and oxygen atoms in total. The van der Waals surface area contributed by atoms with Crippen LogP contribution in [-0.2, 0) is 6.42 Å². The Labute approximate surface area is 110 Å². The summed E-state index contributed by atoms with van der Waals surface area (Å²) in [5.74, 6) is 1.25. The maximum Gasteiger partial charge on any atom is 0.0621 e. The van der Waals surface area contributed by atoms with E-state index in [0.717, 1.165) is 18.0 Å². The first-order valence-corrected chi connectivity index (χ1v) is 6.70. The number of nitrogens with zero attached hydrogens (tertiary/aromatic N) is 1. The van der Waals surface area contributed by atoms with Crippen molar-refractivity contribution in [3.8, 4) is 0 Å². The van der Waals surface area contributed by atoms with Gasteiger partial charge >= 0.3 is 0 Å². The van der Waals surface area contributed by atoms with E-state index in [1.54, 1.807) is 6.20 Å². The van der Waals surface area contributed by atoms with Crippen LogP contribution in [0.4, 0.5) is 0 Å². The standard InChI is InChI=1S/C14H23ClN2/c1-10(2)17-8-12(4)11(3)7-13-5-6-16-9-14(13)15/h5-6,9-12,17H,7-8H2,1-4H3. The predicted molar refractivity (Wildman–Crippen MR) is 74.4 cm³/mol. The van der Waals surface area contributed by atoms with Gasteiger partial charge in [-0.15, -0.1) is 0 Å². The summed E-state index contributed by atoms with van der Waals surface area (Å²) in [5.41, 5.74) is 1.20. The third-order valence-electron chi connectivity index (χ3n) is 3.22. The molecule has 0 saturated carbocycles. The summed E-state index contributed by atoms with van der Waals surface area (Å²) in [5, 5.41) is 4.26. The molecule has 1 aromatic heterocycles. The SMILES string of the molecule is CC(C)NCC(C)C(C)Cc1ccncc1Cl. The molecule has 0 radical (unpaired) electrons. The molecule has 0 aliphatic rings. The fourth-order valence-electron chi connectivity index (χ4n) is 1.74. The molecule has 0 aromatic carbocycles. The highest BCUT2D eigenvalue weighted by Crippen LogP contribution is 2.21. The van der Waals surface area contributed by atoms with Crippen molar-refractivity contribution >= 4 is 11.6 Å². The molecule has 0 bridgehead atoms. The Morgan fingerprint density at radius 2 is 1.94 bits per heavy atom. The van der Waals surface area contributed by atoms with E-state index in [2.05, 4.69) is 38.0 Å². The number of hydrogen-bond acceptors (Lipinski definition) is 2. The van der Waals surface area contributed by atoms with Gasteiger partial charge in [0.25, 0.3) is 0 Å². The van der Waals surface area contributed by atoms with Crippen LogP contribution >= 0.6 is 11.6 Å². The summed E-state index contributed by atoms with van der Waals surface area (Å²) in [6.45, 7) is 9.98. The Hall–Kier alpha value is -0.600. The lowest BCUT2D eigenvalue weighted by Crippen LogP contribution is -2.31. The smallest absolute Gasteiger partial charge is 0.0621 e. The normalized spacial score (nSPS) is 14.9. The summed E-state index contributed by atoms with van der Waals surface area (Å²) < 4.78 is 0. The molecule has 0 aliphatic heterocycles. The van der Waals surface area contributed by atoms with Gasteiger partial charge in [-0.25, -0.2) is 0 Å². The number of pyridine rings is 1. The minimum Gasteiger partial charge on any atom is -0.314 e. The zero-order valence-electron chi connectivity index (χ0n) is 11.2. The molecule has 17 heavy (non-hydrogen) atoms. The average Bonchev–Trinajstić information content (AvgIpc) is 2.28. The fraction of sp³-hybridized carbons (Fsp3) is 0.643. The maximum absolute atomic E-state index is 6.12. The van der Waals surface area contributed by atoms with Gasteiger partial charge in [0.15, 0.2) is 0 Å². The number of halogens is 1. The molecule has 1 aromatic rings. The molecule has 0 spiro atoms. The number of hydrogen-bond donors (Lipinski definition) is 1. The van der Waals surface area contributed by atoms with Crippen LogP contribution in [0.5, 0.6) is 0 Å². The van der Waals surface area contributed by atoms with Crippen LogP contribution < -0.4 is 5.32 Å². The highest BCUT2D eigenvalue weighted by molar-refractivity contribution is 6.31. The lowest BCUT2D eigenvalue weighted by molar-refractivity contribution is 0.354. The molecule has 0 amide bonds. The second kappa shape index (κ2) is 6.97. The Balaban J connectivity index is 2.48. The molecular formula is C14H23ClN2. The lowest BCUT2D eigenvalue weighted by atomic mass is 9.90. The predicted octanol–water partition coefficient (Wildman–Crippen LogP) is 3.55. The summed E-state index contributed by atoms with van der Waals surface area (Å²) in [4.78, 5) is 4.01. The van der Waals surface area contributed by atoms with Gasteiger partial charge in [0.05, 0.1) is 5.02 Å². The minimum atomic E-state index is 0.550. The summed E-state index contributed by atoms with van der Waals surface area (Å²) >= 11 is 6.12. The van der Waals surface area contributed by atoms with Crippen LogP contribution in [0.3, 0.4) is 0 Å². The van der Waals surface area contributed by atoms with Crippen molar-refractivity contribution in [3.05, 3.63) is 29.0 Å². The Morgan fingerprint density at radius 1 is 1.24 bits per heavy atom. The largest absolute Gasteiger partial charge is 0.314 e. The Morgan fingerprint density at radius 3 is 2.53 bits per heavy atom. The topological polar surface area (TPSA) is 24.9 Å². The van der Waals surface area contributed by atoms with E-state index in [1.165, 1.54) is 5.56 Å². The van der Waals surface area contributed by atoms with Crippen LogP contribution in [0.25, 0.3) is 0 Å².